The molecule has 0 bridgehead atoms. The third-order valence-corrected chi connectivity index (χ3v) is 3.44. The van der Waals surface area contributed by atoms with Gasteiger partial charge < -0.3 is 15.5 Å². The van der Waals surface area contributed by atoms with Gasteiger partial charge in [0.1, 0.15) is 5.75 Å². The summed E-state index contributed by atoms with van der Waals surface area (Å²) in [5.41, 5.74) is 0.781. The first kappa shape index (κ1) is 15.1. The Kier molecular flexibility index (Phi) is 4.28. The number of phenolic OH excluding ortho intramolecular Hbond substituents is 1. The van der Waals surface area contributed by atoms with Crippen molar-refractivity contribution in [2.75, 3.05) is 5.32 Å². The van der Waals surface area contributed by atoms with Gasteiger partial charge in [-0.05, 0) is 36.8 Å². The van der Waals surface area contributed by atoms with Crippen LogP contribution in [-0.4, -0.2) is 22.1 Å². The maximum atomic E-state index is 12.2. The van der Waals surface area contributed by atoms with E-state index in [0.29, 0.717) is 10.0 Å². The monoisotopic (exact) mass is 349 g/mol. The van der Waals surface area contributed by atoms with Gasteiger partial charge in [0.25, 0.3) is 5.91 Å². The number of para-hydroxylation sites is 1. The lowest BCUT2D eigenvalue weighted by molar-refractivity contribution is 0.0698. The van der Waals surface area contributed by atoms with E-state index >= 15 is 0 Å². The molecule has 21 heavy (non-hydrogen) atoms. The Hall–Kier alpha value is -2.34. The Morgan fingerprint density at radius 1 is 1.14 bits per heavy atom. The summed E-state index contributed by atoms with van der Waals surface area (Å²) >= 11 is 3.22. The highest BCUT2D eigenvalue weighted by atomic mass is 79.9. The minimum atomic E-state index is -1.15. The van der Waals surface area contributed by atoms with Crippen molar-refractivity contribution in [1.82, 2.24) is 0 Å². The normalized spacial score (nSPS) is 10.2. The fourth-order valence-corrected chi connectivity index (χ4v) is 2.20. The van der Waals surface area contributed by atoms with E-state index in [2.05, 4.69) is 21.2 Å². The molecule has 0 aliphatic heterocycles. The van der Waals surface area contributed by atoms with Crippen LogP contribution in [-0.2, 0) is 0 Å². The average molecular weight is 350 g/mol. The molecule has 2 aromatic carbocycles. The first-order valence-electron chi connectivity index (χ1n) is 6.03. The lowest BCUT2D eigenvalue weighted by Crippen LogP contribution is -2.15. The standard InChI is InChI=1S/C15H12BrNO4/c1-8-3-2-4-11(13(8)18)14(19)17-12-7-9(16)5-6-10(12)15(20)21/h2-7,18H,1H3,(H,17,19)(H,20,21). The number of amides is 1. The second-order valence-corrected chi connectivity index (χ2v) is 5.34. The zero-order valence-electron chi connectivity index (χ0n) is 11.1. The summed E-state index contributed by atoms with van der Waals surface area (Å²) in [6, 6.07) is 9.24. The van der Waals surface area contributed by atoms with Crippen molar-refractivity contribution >= 4 is 33.5 Å². The Bertz CT molecular complexity index is 728. The van der Waals surface area contributed by atoms with Crippen LogP contribution in [0.4, 0.5) is 5.69 Å². The minimum Gasteiger partial charge on any atom is -0.507 e. The van der Waals surface area contributed by atoms with Crippen molar-refractivity contribution in [3.8, 4) is 5.75 Å². The van der Waals surface area contributed by atoms with Crippen molar-refractivity contribution in [3.05, 3.63) is 57.6 Å². The largest absolute Gasteiger partial charge is 0.507 e. The number of aryl methyl sites for hydroxylation is 1. The van der Waals surface area contributed by atoms with Gasteiger partial charge >= 0.3 is 5.97 Å². The summed E-state index contributed by atoms with van der Waals surface area (Å²) in [7, 11) is 0. The smallest absolute Gasteiger partial charge is 0.337 e. The SMILES string of the molecule is Cc1cccc(C(=O)Nc2cc(Br)ccc2C(=O)O)c1O. The molecule has 108 valence electrons. The van der Waals surface area contributed by atoms with Crippen LogP contribution in [0.15, 0.2) is 40.9 Å². The maximum Gasteiger partial charge on any atom is 0.337 e. The van der Waals surface area contributed by atoms with Gasteiger partial charge in [-0.15, -0.1) is 0 Å². The summed E-state index contributed by atoms with van der Waals surface area (Å²) in [6.07, 6.45) is 0. The number of carbonyl (C=O) groups excluding carboxylic acids is 1. The minimum absolute atomic E-state index is 0.0290. The molecule has 0 saturated carbocycles. The van der Waals surface area contributed by atoms with E-state index in [4.69, 9.17) is 5.11 Å². The lowest BCUT2D eigenvalue weighted by Gasteiger charge is -2.11. The molecule has 0 atom stereocenters. The van der Waals surface area contributed by atoms with E-state index in [9.17, 15) is 14.7 Å². The van der Waals surface area contributed by atoms with Gasteiger partial charge in [0.05, 0.1) is 16.8 Å². The summed E-state index contributed by atoms with van der Waals surface area (Å²) in [5.74, 6) is -1.84. The Balaban J connectivity index is 2.38. The van der Waals surface area contributed by atoms with Gasteiger partial charge in [-0.3, -0.25) is 4.79 Å². The number of anilines is 1. The molecule has 1 amide bonds. The van der Waals surface area contributed by atoms with Crippen molar-refractivity contribution in [2.24, 2.45) is 0 Å². The summed E-state index contributed by atoms with van der Waals surface area (Å²) in [5, 5.41) is 21.5. The topological polar surface area (TPSA) is 86.6 Å². The number of benzene rings is 2. The molecule has 0 aliphatic carbocycles. The van der Waals surface area contributed by atoms with E-state index in [1.165, 1.54) is 18.2 Å². The van der Waals surface area contributed by atoms with Gasteiger partial charge in [-0.1, -0.05) is 28.1 Å². The molecule has 0 radical (unpaired) electrons. The van der Waals surface area contributed by atoms with Crippen molar-refractivity contribution < 1.29 is 19.8 Å². The molecular weight excluding hydrogens is 338 g/mol. The third-order valence-electron chi connectivity index (χ3n) is 2.94. The molecule has 0 aliphatic rings. The molecule has 2 aromatic rings. The van der Waals surface area contributed by atoms with E-state index in [1.54, 1.807) is 25.1 Å². The second kappa shape index (κ2) is 5.97. The van der Waals surface area contributed by atoms with Crippen LogP contribution in [0, 0.1) is 6.92 Å². The van der Waals surface area contributed by atoms with E-state index < -0.39 is 11.9 Å². The first-order valence-corrected chi connectivity index (χ1v) is 6.82. The first-order chi connectivity index (χ1) is 9.90. The number of carbonyl (C=O) groups is 2. The lowest BCUT2D eigenvalue weighted by atomic mass is 10.1. The fourth-order valence-electron chi connectivity index (χ4n) is 1.84. The maximum absolute atomic E-state index is 12.2. The zero-order chi connectivity index (χ0) is 15.6. The van der Waals surface area contributed by atoms with E-state index in [-0.39, 0.29) is 22.6 Å². The molecule has 3 N–H and O–H groups in total. The molecule has 6 heteroatoms. The van der Waals surface area contributed by atoms with Gasteiger partial charge in [0.15, 0.2) is 0 Å². The highest BCUT2D eigenvalue weighted by Gasteiger charge is 2.16. The van der Waals surface area contributed by atoms with Crippen LogP contribution in [0.25, 0.3) is 0 Å². The summed E-state index contributed by atoms with van der Waals surface area (Å²) < 4.78 is 0.635. The van der Waals surface area contributed by atoms with Crippen LogP contribution in [0.2, 0.25) is 0 Å². The van der Waals surface area contributed by atoms with Crippen LogP contribution in [0.3, 0.4) is 0 Å². The Morgan fingerprint density at radius 3 is 2.52 bits per heavy atom. The van der Waals surface area contributed by atoms with Gasteiger partial charge in [0.2, 0.25) is 0 Å². The summed E-state index contributed by atoms with van der Waals surface area (Å²) in [6.45, 7) is 1.67. The van der Waals surface area contributed by atoms with Crippen LogP contribution in [0.1, 0.15) is 26.3 Å². The quantitative estimate of drug-likeness (QED) is 0.792. The highest BCUT2D eigenvalue weighted by molar-refractivity contribution is 9.10. The number of carboxylic acid groups (broad SMARTS) is 1. The number of hydrogen-bond acceptors (Lipinski definition) is 3. The molecule has 0 aromatic heterocycles. The number of carboxylic acids is 1. The van der Waals surface area contributed by atoms with Crippen molar-refractivity contribution in [3.63, 3.8) is 0 Å². The molecule has 5 nitrogen and oxygen atoms in total. The van der Waals surface area contributed by atoms with Crippen LogP contribution in [0.5, 0.6) is 5.75 Å². The predicted molar refractivity (Wildman–Crippen MR) is 81.9 cm³/mol. The average Bonchev–Trinajstić information content (AvgIpc) is 2.41. The molecule has 0 spiro atoms. The number of aromatic hydroxyl groups is 1. The van der Waals surface area contributed by atoms with Gasteiger partial charge in [-0.25, -0.2) is 4.79 Å². The number of phenols is 1. The second-order valence-electron chi connectivity index (χ2n) is 4.42. The molecule has 0 fully saturated rings. The number of halogens is 1. The van der Waals surface area contributed by atoms with Crippen molar-refractivity contribution in [2.45, 2.75) is 6.92 Å². The number of hydrogen-bond donors (Lipinski definition) is 3. The fraction of sp³-hybridized carbons (Fsp3) is 0.0667. The number of nitrogens with one attached hydrogen (secondary N) is 1. The molecule has 0 heterocycles. The Labute approximate surface area is 129 Å². The molecular formula is C15H12BrNO4. The molecule has 0 saturated heterocycles. The zero-order valence-corrected chi connectivity index (χ0v) is 12.6. The Morgan fingerprint density at radius 2 is 1.86 bits per heavy atom. The van der Waals surface area contributed by atoms with Crippen LogP contribution < -0.4 is 5.32 Å². The highest BCUT2D eigenvalue weighted by Crippen LogP contribution is 2.25. The third kappa shape index (κ3) is 3.22. The molecule has 0 unspecified atom stereocenters. The number of aromatic carboxylic acids is 1. The van der Waals surface area contributed by atoms with Gasteiger partial charge in [-0.2, -0.15) is 0 Å². The van der Waals surface area contributed by atoms with Crippen LogP contribution >= 0.6 is 15.9 Å². The predicted octanol–water partition coefficient (Wildman–Crippen LogP) is 3.41. The molecule has 2 rings (SSSR count). The summed E-state index contributed by atoms with van der Waals surface area (Å²) in [4.78, 5) is 23.4. The van der Waals surface area contributed by atoms with E-state index in [1.807, 2.05) is 0 Å². The van der Waals surface area contributed by atoms with Crippen molar-refractivity contribution in [1.29, 1.82) is 0 Å². The van der Waals surface area contributed by atoms with Gasteiger partial charge in [0, 0.05) is 4.47 Å². The number of rotatable bonds is 3. The van der Waals surface area contributed by atoms with E-state index in [0.717, 1.165) is 0 Å².